The molecule has 0 aliphatic carbocycles. The third-order valence-corrected chi connectivity index (χ3v) is 5.31. The van der Waals surface area contributed by atoms with E-state index in [-0.39, 0.29) is 5.91 Å². The predicted octanol–water partition coefficient (Wildman–Crippen LogP) is 4.29. The molecule has 0 saturated heterocycles. The molecule has 0 unspecified atom stereocenters. The van der Waals surface area contributed by atoms with Crippen molar-refractivity contribution in [3.05, 3.63) is 71.3 Å². The minimum atomic E-state index is -0.201. The fourth-order valence-corrected chi connectivity index (χ4v) is 3.63. The van der Waals surface area contributed by atoms with E-state index in [0.717, 1.165) is 39.5 Å². The second-order valence-electron chi connectivity index (χ2n) is 6.90. The van der Waals surface area contributed by atoms with Crippen molar-refractivity contribution in [2.45, 2.75) is 13.8 Å². The summed E-state index contributed by atoms with van der Waals surface area (Å²) in [7, 11) is 0. The molecule has 0 aliphatic heterocycles. The molecule has 5 rings (SSSR count). The third-order valence-electron chi connectivity index (χ3n) is 4.76. The Labute approximate surface area is 170 Å². The second-order valence-corrected chi connectivity index (χ2v) is 7.43. The largest absolute Gasteiger partial charge is 0.322 e. The van der Waals surface area contributed by atoms with Crippen LogP contribution in [0.5, 0.6) is 0 Å². The number of benzene rings is 3. The van der Waals surface area contributed by atoms with E-state index in [2.05, 4.69) is 24.3 Å². The minimum absolute atomic E-state index is 0.201. The van der Waals surface area contributed by atoms with Gasteiger partial charge in [0.15, 0.2) is 0 Å². The SMILES string of the molecule is Cc1ccc(-n2nc3cc(C)c(NC(=O)c4ccc5nsnc5c4)cc3n2)cc1. The summed E-state index contributed by atoms with van der Waals surface area (Å²) < 4.78 is 8.36. The lowest BCUT2D eigenvalue weighted by atomic mass is 10.1. The van der Waals surface area contributed by atoms with Crippen LogP contribution in [-0.2, 0) is 0 Å². The van der Waals surface area contributed by atoms with Crippen LogP contribution in [0.4, 0.5) is 5.69 Å². The molecular formula is C21H16N6OS. The first-order chi connectivity index (χ1) is 14.1. The highest BCUT2D eigenvalue weighted by Gasteiger charge is 2.13. The molecule has 0 saturated carbocycles. The lowest BCUT2D eigenvalue weighted by Crippen LogP contribution is -2.12. The molecule has 29 heavy (non-hydrogen) atoms. The summed E-state index contributed by atoms with van der Waals surface area (Å²) in [6.45, 7) is 3.98. The van der Waals surface area contributed by atoms with Crippen LogP contribution >= 0.6 is 11.7 Å². The molecule has 0 spiro atoms. The molecule has 1 amide bonds. The Kier molecular flexibility index (Phi) is 4.06. The summed E-state index contributed by atoms with van der Waals surface area (Å²) in [6.07, 6.45) is 0. The number of hydrogen-bond acceptors (Lipinski definition) is 6. The highest BCUT2D eigenvalue weighted by Crippen LogP contribution is 2.23. The Morgan fingerprint density at radius 1 is 0.862 bits per heavy atom. The molecule has 0 radical (unpaired) electrons. The number of carbonyl (C=O) groups excluding carboxylic acids is 1. The molecule has 0 fully saturated rings. The van der Waals surface area contributed by atoms with Gasteiger partial charge in [-0.1, -0.05) is 17.7 Å². The van der Waals surface area contributed by atoms with Gasteiger partial charge in [0.05, 0.1) is 17.4 Å². The zero-order chi connectivity index (χ0) is 20.0. The van der Waals surface area contributed by atoms with Crippen molar-refractivity contribution in [3.8, 4) is 5.69 Å². The Hall–Kier alpha value is -3.65. The normalized spacial score (nSPS) is 11.2. The number of carbonyl (C=O) groups is 1. The van der Waals surface area contributed by atoms with E-state index in [1.165, 1.54) is 5.56 Å². The first-order valence-corrected chi connectivity index (χ1v) is 9.78. The maximum absolute atomic E-state index is 12.7. The lowest BCUT2D eigenvalue weighted by Gasteiger charge is -2.08. The number of hydrogen-bond donors (Lipinski definition) is 1. The second kappa shape index (κ2) is 6.75. The molecule has 0 bridgehead atoms. The smallest absolute Gasteiger partial charge is 0.255 e. The van der Waals surface area contributed by atoms with Crippen LogP contribution in [-0.4, -0.2) is 29.6 Å². The van der Waals surface area contributed by atoms with Crippen molar-refractivity contribution in [1.82, 2.24) is 23.7 Å². The molecule has 2 aromatic heterocycles. The van der Waals surface area contributed by atoms with E-state index >= 15 is 0 Å². The Balaban J connectivity index is 1.47. The van der Waals surface area contributed by atoms with Crippen LogP contribution in [0.2, 0.25) is 0 Å². The first kappa shape index (κ1) is 17.4. The van der Waals surface area contributed by atoms with Gasteiger partial charge in [-0.15, -0.1) is 10.2 Å². The van der Waals surface area contributed by atoms with Gasteiger partial charge in [0, 0.05) is 11.3 Å². The number of nitrogens with one attached hydrogen (secondary N) is 1. The van der Waals surface area contributed by atoms with Gasteiger partial charge in [-0.2, -0.15) is 13.5 Å². The maximum Gasteiger partial charge on any atom is 0.255 e. The fraction of sp³-hybridized carbons (Fsp3) is 0.0952. The van der Waals surface area contributed by atoms with Gasteiger partial charge >= 0.3 is 0 Å². The highest BCUT2D eigenvalue weighted by molar-refractivity contribution is 7.00. The highest BCUT2D eigenvalue weighted by atomic mass is 32.1. The van der Waals surface area contributed by atoms with Gasteiger partial charge in [0.1, 0.15) is 22.1 Å². The van der Waals surface area contributed by atoms with E-state index in [1.807, 2.05) is 50.2 Å². The van der Waals surface area contributed by atoms with Gasteiger partial charge < -0.3 is 5.32 Å². The van der Waals surface area contributed by atoms with Crippen molar-refractivity contribution in [2.24, 2.45) is 0 Å². The molecular weight excluding hydrogens is 384 g/mol. The van der Waals surface area contributed by atoms with Crippen molar-refractivity contribution in [1.29, 1.82) is 0 Å². The van der Waals surface area contributed by atoms with Crippen molar-refractivity contribution in [2.75, 3.05) is 5.32 Å². The molecule has 3 aromatic carbocycles. The first-order valence-electron chi connectivity index (χ1n) is 9.05. The predicted molar refractivity (Wildman–Crippen MR) is 114 cm³/mol. The zero-order valence-electron chi connectivity index (χ0n) is 15.7. The van der Waals surface area contributed by atoms with E-state index in [1.54, 1.807) is 23.0 Å². The summed E-state index contributed by atoms with van der Waals surface area (Å²) in [5, 5.41) is 12.1. The van der Waals surface area contributed by atoms with E-state index in [9.17, 15) is 4.79 Å². The lowest BCUT2D eigenvalue weighted by molar-refractivity contribution is 0.102. The van der Waals surface area contributed by atoms with Crippen molar-refractivity contribution in [3.63, 3.8) is 0 Å². The van der Waals surface area contributed by atoms with Gasteiger partial charge in [-0.25, -0.2) is 0 Å². The monoisotopic (exact) mass is 400 g/mol. The number of rotatable bonds is 3. The molecule has 5 aromatic rings. The number of nitrogens with zero attached hydrogens (tertiary/aromatic N) is 5. The number of aromatic nitrogens is 5. The average molecular weight is 400 g/mol. The maximum atomic E-state index is 12.7. The summed E-state index contributed by atoms with van der Waals surface area (Å²) in [4.78, 5) is 14.3. The summed E-state index contributed by atoms with van der Waals surface area (Å²) >= 11 is 1.13. The Morgan fingerprint density at radius 2 is 1.59 bits per heavy atom. The summed E-state index contributed by atoms with van der Waals surface area (Å²) in [5.41, 5.74) is 7.22. The average Bonchev–Trinajstić information content (AvgIpc) is 3.34. The van der Waals surface area contributed by atoms with Crippen LogP contribution in [0.15, 0.2) is 54.6 Å². The molecule has 0 aliphatic rings. The number of aryl methyl sites for hydroxylation is 2. The van der Waals surface area contributed by atoms with Gasteiger partial charge in [0.25, 0.3) is 5.91 Å². The van der Waals surface area contributed by atoms with E-state index in [4.69, 9.17) is 0 Å². The van der Waals surface area contributed by atoms with Crippen LogP contribution in [0, 0.1) is 13.8 Å². The molecule has 142 valence electrons. The van der Waals surface area contributed by atoms with Crippen LogP contribution in [0.25, 0.3) is 27.8 Å². The Morgan fingerprint density at radius 3 is 2.38 bits per heavy atom. The number of fused-ring (bicyclic) bond motifs is 2. The van der Waals surface area contributed by atoms with Crippen LogP contribution < -0.4 is 5.32 Å². The topological polar surface area (TPSA) is 85.6 Å². The van der Waals surface area contributed by atoms with Gasteiger partial charge in [-0.3, -0.25) is 4.79 Å². The van der Waals surface area contributed by atoms with E-state index < -0.39 is 0 Å². The Bertz CT molecular complexity index is 1370. The molecule has 2 heterocycles. The quantitative estimate of drug-likeness (QED) is 0.488. The standard InChI is InChI=1S/C21H16N6OS/c1-12-3-6-15(7-4-12)27-23-18-9-13(2)17(11-19(18)24-27)22-21(28)14-5-8-16-20(10-14)26-29-25-16/h3-11H,1-2H3,(H,22,28). The van der Waals surface area contributed by atoms with Crippen LogP contribution in [0.1, 0.15) is 21.5 Å². The van der Waals surface area contributed by atoms with Gasteiger partial charge in [-0.05, 0) is 61.9 Å². The fourth-order valence-electron chi connectivity index (χ4n) is 3.11. The van der Waals surface area contributed by atoms with Gasteiger partial charge in [0.2, 0.25) is 0 Å². The molecule has 0 atom stereocenters. The number of amides is 1. The summed E-state index contributed by atoms with van der Waals surface area (Å²) in [5.74, 6) is -0.201. The van der Waals surface area contributed by atoms with Crippen molar-refractivity contribution >= 4 is 45.4 Å². The van der Waals surface area contributed by atoms with Crippen LogP contribution in [0.3, 0.4) is 0 Å². The van der Waals surface area contributed by atoms with Crippen molar-refractivity contribution < 1.29 is 4.79 Å². The molecule has 7 nitrogen and oxygen atoms in total. The molecule has 8 heteroatoms. The summed E-state index contributed by atoms with van der Waals surface area (Å²) in [6, 6.07) is 17.1. The third kappa shape index (κ3) is 3.23. The number of anilines is 1. The van der Waals surface area contributed by atoms with E-state index in [0.29, 0.717) is 16.8 Å². The minimum Gasteiger partial charge on any atom is -0.322 e. The zero-order valence-corrected chi connectivity index (χ0v) is 16.6. The molecule has 1 N–H and O–H groups in total.